The fourth-order valence-corrected chi connectivity index (χ4v) is 6.74. The Labute approximate surface area is 266 Å². The lowest BCUT2D eigenvalue weighted by Crippen LogP contribution is -2.66. The van der Waals surface area contributed by atoms with Crippen LogP contribution in [-0.2, 0) is 29.1 Å². The van der Waals surface area contributed by atoms with Crippen LogP contribution < -0.4 is 11.1 Å². The minimum atomic E-state index is -0.835. The Balaban J connectivity index is 1.29. The van der Waals surface area contributed by atoms with E-state index in [1.165, 1.54) is 22.7 Å². The van der Waals surface area contributed by atoms with Gasteiger partial charge in [0.25, 0.3) is 0 Å². The summed E-state index contributed by atoms with van der Waals surface area (Å²) < 4.78 is 0.914. The van der Waals surface area contributed by atoms with E-state index in [1.54, 1.807) is 39.2 Å². The van der Waals surface area contributed by atoms with E-state index < -0.39 is 18.2 Å². The van der Waals surface area contributed by atoms with Gasteiger partial charge in [-0.2, -0.15) is 5.01 Å². The molecule has 44 heavy (non-hydrogen) atoms. The molecule has 2 saturated heterocycles. The average Bonchev–Trinajstić information content (AvgIpc) is 3.73. The molecule has 2 aliphatic rings. The topological polar surface area (TPSA) is 144 Å². The standard InChI is InChI=1S/C29H27Cl2N9O3S/c1-2-8-38(29(43)34-11-17-6-7-20(30)21(31)9-17)39-15-25(41)40-22(10-19-12-33-16-35-19)27(42)37(14-24(39)40)13-18-4-3-5-23-26(18)36-28(32)44-23/h1,3-7,9,12,16,22,24H,8,10-11,13-15H2,(H2,32,36)(H,33,35)(H,34,43)/t22-,24+/m0/s1. The zero-order chi connectivity index (χ0) is 31.0. The number of amides is 4. The van der Waals surface area contributed by atoms with Crippen LogP contribution in [0.3, 0.4) is 0 Å². The van der Waals surface area contributed by atoms with Crippen molar-refractivity contribution in [3.8, 4) is 12.3 Å². The molecule has 0 unspecified atom stereocenters. The van der Waals surface area contributed by atoms with Gasteiger partial charge in [0.2, 0.25) is 11.8 Å². The molecule has 2 aromatic heterocycles. The van der Waals surface area contributed by atoms with Crippen LogP contribution in [0.5, 0.6) is 0 Å². The minimum absolute atomic E-state index is 0.0958. The van der Waals surface area contributed by atoms with Crippen LogP contribution in [0.15, 0.2) is 48.9 Å². The number of halogens is 2. The van der Waals surface area contributed by atoms with Gasteiger partial charge in [0.1, 0.15) is 12.2 Å². The first-order valence-electron chi connectivity index (χ1n) is 13.6. The number of aromatic amines is 1. The molecule has 4 heterocycles. The number of carbonyl (C=O) groups is 3. The Morgan fingerprint density at radius 2 is 2.09 bits per heavy atom. The van der Waals surface area contributed by atoms with Crippen LogP contribution in [0.2, 0.25) is 10.0 Å². The number of piperazine rings is 1. The van der Waals surface area contributed by atoms with E-state index in [2.05, 4.69) is 26.2 Å². The average molecular weight is 653 g/mol. The van der Waals surface area contributed by atoms with Crippen LogP contribution in [0, 0.1) is 12.3 Å². The van der Waals surface area contributed by atoms with Gasteiger partial charge in [0, 0.05) is 31.4 Å². The molecular weight excluding hydrogens is 625 g/mol. The van der Waals surface area contributed by atoms with Gasteiger partial charge in [-0.15, -0.1) is 6.42 Å². The number of terminal acetylenes is 1. The minimum Gasteiger partial charge on any atom is -0.375 e. The first-order chi connectivity index (χ1) is 21.2. The molecule has 2 aliphatic heterocycles. The Hall–Kier alpha value is -4.35. The second-order valence-corrected chi connectivity index (χ2v) is 12.3. The van der Waals surface area contributed by atoms with E-state index in [0.717, 1.165) is 21.3 Å². The summed E-state index contributed by atoms with van der Waals surface area (Å²) in [5, 5.41) is 7.03. The van der Waals surface area contributed by atoms with Crippen LogP contribution in [-0.4, -0.2) is 84.5 Å². The summed E-state index contributed by atoms with van der Waals surface area (Å²) in [4.78, 5) is 55.9. The van der Waals surface area contributed by atoms with E-state index >= 15 is 0 Å². The van der Waals surface area contributed by atoms with Crippen molar-refractivity contribution in [2.24, 2.45) is 0 Å². The molecule has 4 N–H and O–H groups in total. The number of H-pyrrole nitrogens is 1. The highest BCUT2D eigenvalue weighted by Crippen LogP contribution is 2.32. The molecule has 0 radical (unpaired) electrons. The van der Waals surface area contributed by atoms with E-state index in [0.29, 0.717) is 20.9 Å². The van der Waals surface area contributed by atoms with Crippen molar-refractivity contribution < 1.29 is 14.4 Å². The predicted octanol–water partition coefficient (Wildman–Crippen LogP) is 3.09. The van der Waals surface area contributed by atoms with E-state index in [9.17, 15) is 14.4 Å². The lowest BCUT2D eigenvalue weighted by molar-refractivity contribution is -0.157. The predicted molar refractivity (Wildman–Crippen MR) is 167 cm³/mol. The zero-order valence-electron chi connectivity index (χ0n) is 23.2. The molecule has 4 aromatic rings. The molecule has 0 bridgehead atoms. The maximum absolute atomic E-state index is 14.0. The van der Waals surface area contributed by atoms with Crippen molar-refractivity contribution in [1.82, 2.24) is 40.1 Å². The quantitative estimate of drug-likeness (QED) is 0.248. The lowest BCUT2D eigenvalue weighted by atomic mass is 10.0. The Morgan fingerprint density at radius 3 is 2.84 bits per heavy atom. The SMILES string of the molecule is C#CCN(C(=O)NCc1ccc(Cl)c(Cl)c1)N1CC(=O)N2[C@@H](Cc3cnc[nH]3)C(=O)N(Cc3cccc4sc(N)nc34)C[C@@H]21. The van der Waals surface area contributed by atoms with Crippen molar-refractivity contribution in [2.45, 2.75) is 31.7 Å². The van der Waals surface area contributed by atoms with Crippen LogP contribution in [0.4, 0.5) is 9.93 Å². The molecule has 0 spiro atoms. The maximum atomic E-state index is 14.0. The first kappa shape index (κ1) is 29.7. The Morgan fingerprint density at radius 1 is 1.25 bits per heavy atom. The molecule has 6 rings (SSSR count). The highest BCUT2D eigenvalue weighted by atomic mass is 35.5. The summed E-state index contributed by atoms with van der Waals surface area (Å²) in [5.41, 5.74) is 8.97. The van der Waals surface area contributed by atoms with Crippen molar-refractivity contribution in [3.63, 3.8) is 0 Å². The van der Waals surface area contributed by atoms with Gasteiger partial charge in [-0.05, 0) is 29.3 Å². The van der Waals surface area contributed by atoms with Gasteiger partial charge in [-0.1, -0.05) is 58.7 Å². The number of fused-ring (bicyclic) bond motifs is 2. The molecule has 2 atom stereocenters. The number of imidazole rings is 1. The van der Waals surface area contributed by atoms with Crippen molar-refractivity contribution in [3.05, 3.63) is 75.8 Å². The monoisotopic (exact) mass is 651 g/mol. The van der Waals surface area contributed by atoms with Crippen molar-refractivity contribution in [1.29, 1.82) is 0 Å². The van der Waals surface area contributed by atoms with E-state index in [4.69, 9.17) is 35.4 Å². The highest BCUT2D eigenvalue weighted by Gasteiger charge is 2.52. The smallest absolute Gasteiger partial charge is 0.333 e. The second-order valence-electron chi connectivity index (χ2n) is 10.4. The Bertz CT molecular complexity index is 1770. The molecule has 12 nitrogen and oxygen atoms in total. The van der Waals surface area contributed by atoms with Crippen LogP contribution in [0.25, 0.3) is 10.2 Å². The number of benzene rings is 2. The molecule has 0 saturated carbocycles. The highest BCUT2D eigenvalue weighted by molar-refractivity contribution is 7.22. The number of rotatable bonds is 8. The fraction of sp³-hybridized carbons (Fsp3) is 0.276. The zero-order valence-corrected chi connectivity index (χ0v) is 25.6. The number of thiazole rings is 1. The Kier molecular flexibility index (Phi) is 8.33. The number of nitrogens with zero attached hydrogens (tertiary/aromatic N) is 6. The first-order valence-corrected chi connectivity index (χ1v) is 15.2. The van der Waals surface area contributed by atoms with E-state index in [1.807, 2.05) is 18.2 Å². The van der Waals surface area contributed by atoms with Gasteiger partial charge in [-0.3, -0.25) is 9.59 Å². The number of aromatic nitrogens is 3. The third kappa shape index (κ3) is 5.77. The number of hydrazine groups is 1. The molecule has 0 aliphatic carbocycles. The number of nitrogens with two attached hydrogens (primary N) is 1. The number of hydrogen-bond acceptors (Lipinski definition) is 8. The number of anilines is 1. The number of urea groups is 1. The molecule has 15 heteroatoms. The summed E-state index contributed by atoms with van der Waals surface area (Å²) in [6.45, 7) is 0.304. The summed E-state index contributed by atoms with van der Waals surface area (Å²) in [5.74, 6) is 2.01. The molecule has 226 valence electrons. The van der Waals surface area contributed by atoms with Gasteiger partial charge < -0.3 is 25.8 Å². The van der Waals surface area contributed by atoms with Crippen molar-refractivity contribution in [2.75, 3.05) is 25.4 Å². The molecule has 2 fully saturated rings. The molecular formula is C29H27Cl2N9O3S. The maximum Gasteiger partial charge on any atom is 0.333 e. The number of hydrogen-bond donors (Lipinski definition) is 3. The largest absolute Gasteiger partial charge is 0.375 e. The van der Waals surface area contributed by atoms with Gasteiger partial charge in [0.15, 0.2) is 5.13 Å². The summed E-state index contributed by atoms with van der Waals surface area (Å²) in [7, 11) is 0. The van der Waals surface area contributed by atoms with Crippen LogP contribution >= 0.6 is 34.5 Å². The van der Waals surface area contributed by atoms with Crippen LogP contribution in [0.1, 0.15) is 16.8 Å². The summed E-state index contributed by atoms with van der Waals surface area (Å²) >= 11 is 13.5. The number of nitrogen functional groups attached to an aromatic ring is 1. The summed E-state index contributed by atoms with van der Waals surface area (Å²) in [6.07, 6.45) is 8.40. The number of para-hydroxylation sites is 1. The molecule has 2 aromatic carbocycles. The van der Waals surface area contributed by atoms with Gasteiger partial charge >= 0.3 is 6.03 Å². The number of carbonyl (C=O) groups excluding carboxylic acids is 3. The van der Waals surface area contributed by atoms with Gasteiger partial charge in [0.05, 0.1) is 46.2 Å². The van der Waals surface area contributed by atoms with Gasteiger partial charge in [-0.25, -0.2) is 19.8 Å². The third-order valence-electron chi connectivity index (χ3n) is 7.63. The van der Waals surface area contributed by atoms with E-state index in [-0.39, 0.29) is 51.0 Å². The normalized spacial score (nSPS) is 18.5. The number of nitrogens with one attached hydrogen (secondary N) is 2. The fourth-order valence-electron chi connectivity index (χ4n) is 5.64. The lowest BCUT2D eigenvalue weighted by Gasteiger charge is -2.46. The molecule has 4 amide bonds. The summed E-state index contributed by atoms with van der Waals surface area (Å²) in [6, 6.07) is 9.47. The second kappa shape index (κ2) is 12.3. The third-order valence-corrected chi connectivity index (χ3v) is 9.22. The van der Waals surface area contributed by atoms with Crippen molar-refractivity contribution >= 4 is 67.7 Å².